The van der Waals surface area contributed by atoms with Crippen LogP contribution in [0.25, 0.3) is 0 Å². The summed E-state index contributed by atoms with van der Waals surface area (Å²) in [4.78, 5) is 0. The van der Waals surface area contributed by atoms with Crippen molar-refractivity contribution in [3.63, 3.8) is 0 Å². The van der Waals surface area contributed by atoms with Crippen molar-refractivity contribution in [1.82, 2.24) is 0 Å². The van der Waals surface area contributed by atoms with Gasteiger partial charge in [-0.2, -0.15) is 0 Å². The molecule has 0 aromatic heterocycles. The van der Waals surface area contributed by atoms with Crippen LogP contribution in [0, 0.1) is 0 Å². The molecule has 3 rings (SSSR count). The summed E-state index contributed by atoms with van der Waals surface area (Å²) < 4.78 is 6.41. The van der Waals surface area contributed by atoms with Crippen molar-refractivity contribution in [2.75, 3.05) is 7.11 Å². The van der Waals surface area contributed by atoms with E-state index < -0.39 is 7.92 Å². The van der Waals surface area contributed by atoms with Crippen LogP contribution in [0.4, 0.5) is 0 Å². The smallest absolute Gasteiger partial charge is 0.120 e. The van der Waals surface area contributed by atoms with Gasteiger partial charge in [-0.1, -0.05) is 60.7 Å². The molecule has 110 valence electrons. The zero-order chi connectivity index (χ0) is 15.4. The third-order valence-electron chi connectivity index (χ3n) is 3.42. The number of ether oxygens (including phenoxy) is 1. The number of hydrogen-bond acceptors (Lipinski definition) is 1. The van der Waals surface area contributed by atoms with Crippen LogP contribution >= 0.6 is 23.9 Å². The minimum atomic E-state index is -0.587. The first-order chi connectivity index (χ1) is 10.8. The van der Waals surface area contributed by atoms with Gasteiger partial charge in [-0.25, -0.2) is 0 Å². The van der Waals surface area contributed by atoms with Crippen LogP contribution in [0.1, 0.15) is 0 Å². The largest absolute Gasteiger partial charge is 0.497 e. The lowest BCUT2D eigenvalue weighted by molar-refractivity contribution is 0.414. The van der Waals surface area contributed by atoms with E-state index in [-0.39, 0.29) is 0 Å². The Labute approximate surface area is 140 Å². The molecule has 0 aliphatic carbocycles. The SMILES string of the molecule is COc1ccc(P(c2ccccc2)c2ccccc2)c(Br)c1. The Morgan fingerprint density at radius 3 is 1.77 bits per heavy atom. The summed E-state index contributed by atoms with van der Waals surface area (Å²) in [6.45, 7) is 0. The maximum atomic E-state index is 5.32. The Morgan fingerprint density at radius 1 is 0.773 bits per heavy atom. The fourth-order valence-electron chi connectivity index (χ4n) is 2.38. The van der Waals surface area contributed by atoms with Crippen molar-refractivity contribution in [1.29, 1.82) is 0 Å². The summed E-state index contributed by atoms with van der Waals surface area (Å²) in [5.41, 5.74) is 0. The van der Waals surface area contributed by atoms with Gasteiger partial charge in [0.25, 0.3) is 0 Å². The van der Waals surface area contributed by atoms with Crippen molar-refractivity contribution in [3.8, 4) is 5.75 Å². The molecule has 0 atom stereocenters. The molecular formula is C19H16BrOP. The van der Waals surface area contributed by atoms with Crippen LogP contribution in [0.2, 0.25) is 0 Å². The van der Waals surface area contributed by atoms with E-state index in [1.807, 2.05) is 12.1 Å². The predicted molar refractivity (Wildman–Crippen MR) is 99.4 cm³/mol. The predicted octanol–water partition coefficient (Wildman–Crippen LogP) is 4.22. The molecule has 0 amide bonds. The van der Waals surface area contributed by atoms with Gasteiger partial charge in [0, 0.05) is 4.47 Å². The summed E-state index contributed by atoms with van der Waals surface area (Å²) in [6, 6.07) is 27.6. The summed E-state index contributed by atoms with van der Waals surface area (Å²) in [5, 5.41) is 3.98. The summed E-state index contributed by atoms with van der Waals surface area (Å²) >= 11 is 3.72. The Balaban J connectivity index is 2.14. The lowest BCUT2D eigenvalue weighted by Gasteiger charge is -2.21. The molecule has 22 heavy (non-hydrogen) atoms. The van der Waals surface area contributed by atoms with Gasteiger partial charge >= 0.3 is 0 Å². The molecule has 0 fully saturated rings. The fourth-order valence-corrected chi connectivity index (χ4v) is 5.56. The summed E-state index contributed by atoms with van der Waals surface area (Å²) in [6.07, 6.45) is 0. The molecule has 0 spiro atoms. The van der Waals surface area contributed by atoms with Crippen LogP contribution in [-0.2, 0) is 0 Å². The van der Waals surface area contributed by atoms with E-state index in [2.05, 4.69) is 82.7 Å². The van der Waals surface area contributed by atoms with Crippen molar-refractivity contribution in [3.05, 3.63) is 83.3 Å². The van der Waals surface area contributed by atoms with E-state index in [0.29, 0.717) is 0 Å². The Kier molecular flexibility index (Phi) is 4.92. The molecule has 0 radical (unpaired) electrons. The van der Waals surface area contributed by atoms with E-state index >= 15 is 0 Å². The lowest BCUT2D eigenvalue weighted by atomic mass is 10.3. The van der Waals surface area contributed by atoms with Gasteiger partial charge in [-0.05, 0) is 58.0 Å². The Bertz CT molecular complexity index is 704. The maximum Gasteiger partial charge on any atom is 0.120 e. The first kappa shape index (κ1) is 15.3. The van der Waals surface area contributed by atoms with Crippen LogP contribution in [-0.4, -0.2) is 7.11 Å². The van der Waals surface area contributed by atoms with E-state index in [4.69, 9.17) is 4.74 Å². The number of hydrogen-bond donors (Lipinski definition) is 0. The highest BCUT2D eigenvalue weighted by Crippen LogP contribution is 2.36. The zero-order valence-corrected chi connectivity index (χ0v) is 14.7. The van der Waals surface area contributed by atoms with Gasteiger partial charge in [0.15, 0.2) is 0 Å². The molecule has 0 heterocycles. The molecular weight excluding hydrogens is 355 g/mol. The Hall–Kier alpha value is -1.63. The second-order valence-corrected chi connectivity index (χ2v) is 7.86. The van der Waals surface area contributed by atoms with E-state index in [1.165, 1.54) is 15.9 Å². The number of methoxy groups -OCH3 is 1. The second kappa shape index (κ2) is 7.09. The van der Waals surface area contributed by atoms with Crippen molar-refractivity contribution in [2.24, 2.45) is 0 Å². The zero-order valence-electron chi connectivity index (χ0n) is 12.2. The minimum Gasteiger partial charge on any atom is -0.497 e. The average Bonchev–Trinajstić information content (AvgIpc) is 2.58. The van der Waals surface area contributed by atoms with Gasteiger partial charge in [0.2, 0.25) is 0 Å². The fraction of sp³-hybridized carbons (Fsp3) is 0.0526. The van der Waals surface area contributed by atoms with Gasteiger partial charge < -0.3 is 4.74 Å². The van der Waals surface area contributed by atoms with E-state index in [0.717, 1.165) is 10.2 Å². The maximum absolute atomic E-state index is 5.32. The minimum absolute atomic E-state index is 0.587. The van der Waals surface area contributed by atoms with Gasteiger partial charge in [0.05, 0.1) is 7.11 Å². The van der Waals surface area contributed by atoms with Gasteiger partial charge in [0.1, 0.15) is 5.75 Å². The van der Waals surface area contributed by atoms with Crippen LogP contribution in [0.3, 0.4) is 0 Å². The lowest BCUT2D eigenvalue weighted by Crippen LogP contribution is -2.21. The highest BCUT2D eigenvalue weighted by atomic mass is 79.9. The first-order valence-corrected chi connectivity index (χ1v) is 9.17. The molecule has 0 unspecified atom stereocenters. The third-order valence-corrected chi connectivity index (χ3v) is 6.89. The quantitative estimate of drug-likeness (QED) is 0.625. The molecule has 0 aliphatic rings. The number of benzene rings is 3. The van der Waals surface area contributed by atoms with Crippen molar-refractivity contribution in [2.45, 2.75) is 0 Å². The van der Waals surface area contributed by atoms with Gasteiger partial charge in [-0.3, -0.25) is 0 Å². The topological polar surface area (TPSA) is 9.23 Å². The highest BCUT2D eigenvalue weighted by Gasteiger charge is 2.18. The molecule has 0 N–H and O–H groups in total. The Morgan fingerprint density at radius 2 is 1.32 bits per heavy atom. The van der Waals surface area contributed by atoms with Crippen molar-refractivity contribution >= 4 is 39.8 Å². The number of rotatable bonds is 4. The van der Waals surface area contributed by atoms with Crippen LogP contribution < -0.4 is 20.7 Å². The summed E-state index contributed by atoms with van der Waals surface area (Å²) in [5.74, 6) is 0.867. The van der Waals surface area contributed by atoms with E-state index in [1.54, 1.807) is 7.11 Å². The van der Waals surface area contributed by atoms with Crippen LogP contribution in [0.5, 0.6) is 5.75 Å². The van der Waals surface area contributed by atoms with Crippen LogP contribution in [0.15, 0.2) is 83.3 Å². The first-order valence-electron chi connectivity index (χ1n) is 7.03. The average molecular weight is 371 g/mol. The second-order valence-electron chi connectivity index (χ2n) is 4.82. The molecule has 3 aromatic carbocycles. The monoisotopic (exact) mass is 370 g/mol. The van der Waals surface area contributed by atoms with E-state index in [9.17, 15) is 0 Å². The molecule has 3 aromatic rings. The number of halogens is 1. The molecule has 0 bridgehead atoms. The standard InChI is InChI=1S/C19H16BrOP/c1-21-15-12-13-19(18(20)14-15)22(16-8-4-2-5-9-16)17-10-6-3-7-11-17/h2-14H,1H3. The van der Waals surface area contributed by atoms with Crippen molar-refractivity contribution < 1.29 is 4.74 Å². The highest BCUT2D eigenvalue weighted by molar-refractivity contribution is 9.10. The molecule has 1 nitrogen and oxygen atoms in total. The summed E-state index contributed by atoms with van der Waals surface area (Å²) in [7, 11) is 1.11. The van der Waals surface area contributed by atoms with Gasteiger partial charge in [-0.15, -0.1) is 0 Å². The molecule has 3 heteroatoms. The molecule has 0 aliphatic heterocycles. The third kappa shape index (κ3) is 3.24. The molecule has 0 saturated carbocycles. The molecule has 0 saturated heterocycles. The normalized spacial score (nSPS) is 10.7.